The Morgan fingerprint density at radius 1 is 0.789 bits per heavy atom. The maximum absolute atomic E-state index is 11.0. The summed E-state index contributed by atoms with van der Waals surface area (Å²) in [6, 6.07) is 7.60. The first-order chi connectivity index (χ1) is 8.97. The van der Waals surface area contributed by atoms with E-state index in [0.29, 0.717) is 0 Å². The third kappa shape index (κ3) is 5.68. The molecule has 0 unspecified atom stereocenters. The lowest BCUT2D eigenvalue weighted by molar-refractivity contribution is 0.0431. The number of hydrogen-bond donors (Lipinski definition) is 1. The first kappa shape index (κ1) is 14.0. The van der Waals surface area contributed by atoms with E-state index >= 15 is 0 Å². The summed E-state index contributed by atoms with van der Waals surface area (Å²) in [7, 11) is 0. The van der Waals surface area contributed by atoms with Crippen molar-refractivity contribution in [2.75, 3.05) is 0 Å². The summed E-state index contributed by atoms with van der Waals surface area (Å²) in [5, 5.41) is 8.01. The number of carbonyl (C=O) groups is 4. The first-order valence-corrected chi connectivity index (χ1v) is 4.58. The summed E-state index contributed by atoms with van der Waals surface area (Å²) in [6.07, 6.45) is -7.08. The normalized spacial score (nSPS) is 9.05. The van der Waals surface area contributed by atoms with Gasteiger partial charge in [0.05, 0.1) is 0 Å². The molecule has 0 aliphatic rings. The van der Waals surface area contributed by atoms with Crippen molar-refractivity contribution >= 4 is 24.6 Å². The molecule has 0 aliphatic carbocycles. The maximum Gasteiger partial charge on any atom is 0.528 e. The molecule has 0 saturated carbocycles. The van der Waals surface area contributed by atoms with Crippen LogP contribution in [0.25, 0.3) is 0 Å². The number of para-hydroxylation sites is 1. The van der Waals surface area contributed by atoms with Gasteiger partial charge in [-0.15, -0.1) is 0 Å². The highest BCUT2D eigenvalue weighted by atomic mass is 16.9. The average Bonchev–Trinajstić information content (AvgIpc) is 2.28. The summed E-state index contributed by atoms with van der Waals surface area (Å²) in [6.45, 7) is 0. The zero-order valence-electron chi connectivity index (χ0n) is 9.10. The highest BCUT2D eigenvalue weighted by Gasteiger charge is 2.20. The molecule has 1 N–H and O–H groups in total. The van der Waals surface area contributed by atoms with Crippen molar-refractivity contribution in [2.45, 2.75) is 0 Å². The van der Waals surface area contributed by atoms with Crippen LogP contribution in [0.15, 0.2) is 30.3 Å². The van der Waals surface area contributed by atoms with Gasteiger partial charge in [0.2, 0.25) is 0 Å². The minimum absolute atomic E-state index is 0.0911. The maximum atomic E-state index is 11.0. The molecular weight excluding hydrogens is 264 g/mol. The van der Waals surface area contributed by atoms with Crippen LogP contribution >= 0.6 is 0 Å². The standard InChI is InChI=1S/C10H6O9/c11-7(12)17-9(14)19-10(15)18-8(13)16-6-4-2-1-3-5-6/h1-5H,(H,11,12). The SMILES string of the molecule is O=C(O)OC(=O)OC(=O)OC(=O)Oc1ccccc1. The Hall–Kier alpha value is -3.10. The molecule has 1 rings (SSSR count). The third-order valence-corrected chi connectivity index (χ3v) is 1.45. The van der Waals surface area contributed by atoms with Gasteiger partial charge >= 0.3 is 24.6 Å². The molecule has 100 valence electrons. The van der Waals surface area contributed by atoms with Crippen LogP contribution < -0.4 is 4.74 Å². The lowest BCUT2D eigenvalue weighted by atomic mass is 10.3. The number of rotatable bonds is 1. The third-order valence-electron chi connectivity index (χ3n) is 1.45. The fraction of sp³-hybridized carbons (Fsp3) is 0. The predicted octanol–water partition coefficient (Wildman–Crippen LogP) is 2.15. The molecule has 0 heterocycles. The lowest BCUT2D eigenvalue weighted by Gasteiger charge is -2.03. The second-order valence-electron chi connectivity index (χ2n) is 2.74. The Morgan fingerprint density at radius 2 is 1.32 bits per heavy atom. The number of carbonyl (C=O) groups excluding carboxylic acids is 3. The second-order valence-corrected chi connectivity index (χ2v) is 2.74. The summed E-state index contributed by atoms with van der Waals surface area (Å²) >= 11 is 0. The van der Waals surface area contributed by atoms with Gasteiger partial charge in [-0.05, 0) is 12.1 Å². The molecule has 1 aromatic carbocycles. The van der Waals surface area contributed by atoms with E-state index < -0.39 is 24.6 Å². The molecule has 9 nitrogen and oxygen atoms in total. The number of hydrogen-bond acceptors (Lipinski definition) is 8. The van der Waals surface area contributed by atoms with Crippen LogP contribution in [0.2, 0.25) is 0 Å². The van der Waals surface area contributed by atoms with E-state index in [0.717, 1.165) is 0 Å². The van der Waals surface area contributed by atoms with Crippen molar-refractivity contribution in [3.05, 3.63) is 30.3 Å². The summed E-state index contributed by atoms with van der Waals surface area (Å²) in [4.78, 5) is 42.2. The van der Waals surface area contributed by atoms with Gasteiger partial charge in [-0.25, -0.2) is 19.2 Å². The van der Waals surface area contributed by atoms with E-state index in [-0.39, 0.29) is 5.75 Å². The highest BCUT2D eigenvalue weighted by Crippen LogP contribution is 2.09. The number of benzene rings is 1. The van der Waals surface area contributed by atoms with Gasteiger partial charge in [0.25, 0.3) is 0 Å². The molecule has 0 atom stereocenters. The summed E-state index contributed by atoms with van der Waals surface area (Å²) in [5.41, 5.74) is 0. The fourth-order valence-electron chi connectivity index (χ4n) is 0.855. The molecule has 9 heteroatoms. The van der Waals surface area contributed by atoms with Gasteiger partial charge in [-0.1, -0.05) is 18.2 Å². The van der Waals surface area contributed by atoms with Crippen LogP contribution in [0, 0.1) is 0 Å². The predicted molar refractivity (Wildman–Crippen MR) is 54.5 cm³/mol. The van der Waals surface area contributed by atoms with Gasteiger partial charge < -0.3 is 24.1 Å². The van der Waals surface area contributed by atoms with Crippen molar-refractivity contribution in [2.24, 2.45) is 0 Å². The Balaban J connectivity index is 2.38. The molecule has 0 aromatic heterocycles. The van der Waals surface area contributed by atoms with Gasteiger partial charge in [-0.3, -0.25) is 0 Å². The lowest BCUT2D eigenvalue weighted by Crippen LogP contribution is -2.21. The van der Waals surface area contributed by atoms with Crippen LogP contribution in [0.3, 0.4) is 0 Å². The minimum Gasteiger partial charge on any atom is -0.449 e. The smallest absolute Gasteiger partial charge is 0.449 e. The van der Waals surface area contributed by atoms with E-state index in [9.17, 15) is 19.2 Å². The average molecular weight is 270 g/mol. The second kappa shape index (κ2) is 6.59. The quantitative estimate of drug-likeness (QED) is 0.463. The van der Waals surface area contributed by atoms with Crippen LogP contribution in [0.5, 0.6) is 5.75 Å². The van der Waals surface area contributed by atoms with E-state index in [1.165, 1.54) is 12.1 Å². The van der Waals surface area contributed by atoms with Crippen molar-refractivity contribution < 1.29 is 43.2 Å². The zero-order valence-corrected chi connectivity index (χ0v) is 9.10. The molecule has 0 radical (unpaired) electrons. The van der Waals surface area contributed by atoms with Crippen molar-refractivity contribution in [1.82, 2.24) is 0 Å². The van der Waals surface area contributed by atoms with E-state index in [1.807, 2.05) is 0 Å². The van der Waals surface area contributed by atoms with Crippen LogP contribution in [-0.4, -0.2) is 29.7 Å². The Labute approximate surface area is 105 Å². The Bertz CT molecular complexity index is 493. The Kier molecular flexibility index (Phi) is 4.84. The topological polar surface area (TPSA) is 125 Å². The van der Waals surface area contributed by atoms with Gasteiger partial charge in [0, 0.05) is 0 Å². The van der Waals surface area contributed by atoms with E-state index in [2.05, 4.69) is 18.9 Å². The highest BCUT2D eigenvalue weighted by molar-refractivity contribution is 5.87. The van der Waals surface area contributed by atoms with Crippen LogP contribution in [0.4, 0.5) is 19.2 Å². The summed E-state index contributed by atoms with van der Waals surface area (Å²) < 4.78 is 15.5. The van der Waals surface area contributed by atoms with E-state index in [4.69, 9.17) is 5.11 Å². The Morgan fingerprint density at radius 3 is 1.89 bits per heavy atom. The van der Waals surface area contributed by atoms with Crippen molar-refractivity contribution in [3.8, 4) is 5.75 Å². The number of ether oxygens (including phenoxy) is 4. The van der Waals surface area contributed by atoms with Gasteiger partial charge in [-0.2, -0.15) is 0 Å². The molecule has 19 heavy (non-hydrogen) atoms. The van der Waals surface area contributed by atoms with Crippen LogP contribution in [0.1, 0.15) is 0 Å². The number of carboxylic acid groups (broad SMARTS) is 1. The summed E-state index contributed by atoms with van der Waals surface area (Å²) in [5.74, 6) is 0.0911. The van der Waals surface area contributed by atoms with Gasteiger partial charge in [0.15, 0.2) is 0 Å². The van der Waals surface area contributed by atoms with Crippen molar-refractivity contribution in [3.63, 3.8) is 0 Å². The zero-order chi connectivity index (χ0) is 14.3. The molecule has 0 bridgehead atoms. The molecule has 0 amide bonds. The molecule has 0 saturated heterocycles. The fourth-order valence-corrected chi connectivity index (χ4v) is 0.855. The van der Waals surface area contributed by atoms with Crippen LogP contribution in [-0.2, 0) is 14.2 Å². The van der Waals surface area contributed by atoms with Gasteiger partial charge in [0.1, 0.15) is 5.75 Å². The monoisotopic (exact) mass is 270 g/mol. The molecule has 0 spiro atoms. The molecule has 0 fully saturated rings. The largest absolute Gasteiger partial charge is 0.528 e. The molecule has 0 aliphatic heterocycles. The minimum atomic E-state index is -1.98. The van der Waals surface area contributed by atoms with Crippen molar-refractivity contribution in [1.29, 1.82) is 0 Å². The molecular formula is C10H6O9. The van der Waals surface area contributed by atoms with E-state index in [1.54, 1.807) is 18.2 Å². The molecule has 1 aromatic rings. The first-order valence-electron chi connectivity index (χ1n) is 4.58.